The molecular weight excluding hydrogens is 354 g/mol. The first-order chi connectivity index (χ1) is 12.4. The van der Waals surface area contributed by atoms with Crippen LogP contribution in [0.25, 0.3) is 0 Å². The molecule has 0 aliphatic carbocycles. The largest absolute Gasteiger partial charge is 0.492 e. The predicted molar refractivity (Wildman–Crippen MR) is 99.0 cm³/mol. The van der Waals surface area contributed by atoms with E-state index in [4.69, 9.17) is 21.1 Å². The van der Waals surface area contributed by atoms with Crippen LogP contribution in [0, 0.1) is 19.8 Å². The van der Waals surface area contributed by atoms with Gasteiger partial charge >= 0.3 is 5.97 Å². The van der Waals surface area contributed by atoms with E-state index in [9.17, 15) is 9.59 Å². The van der Waals surface area contributed by atoms with E-state index >= 15 is 0 Å². The third kappa shape index (κ3) is 3.63. The van der Waals surface area contributed by atoms with E-state index < -0.39 is 11.9 Å². The third-order valence-electron chi connectivity index (χ3n) is 4.80. The molecule has 3 rings (SSSR count). The normalized spacial score (nSPS) is 15.9. The summed E-state index contributed by atoms with van der Waals surface area (Å²) in [4.78, 5) is 24.8. The molecule has 6 heteroatoms. The van der Waals surface area contributed by atoms with Crippen LogP contribution in [0.4, 0.5) is 0 Å². The highest BCUT2D eigenvalue weighted by atomic mass is 35.5. The lowest BCUT2D eigenvalue weighted by Gasteiger charge is -2.24. The van der Waals surface area contributed by atoms with E-state index in [0.717, 1.165) is 29.2 Å². The van der Waals surface area contributed by atoms with Crippen LogP contribution in [0.5, 0.6) is 5.75 Å². The number of carbonyl (C=O) groups is 2. The van der Waals surface area contributed by atoms with Gasteiger partial charge in [0, 0.05) is 28.5 Å². The molecule has 0 saturated carbocycles. The second-order valence-corrected chi connectivity index (χ2v) is 6.96. The van der Waals surface area contributed by atoms with Crippen molar-refractivity contribution in [3.8, 4) is 5.75 Å². The minimum atomic E-state index is -0.433. The highest BCUT2D eigenvalue weighted by molar-refractivity contribution is 6.30. The molecule has 0 amide bonds. The summed E-state index contributed by atoms with van der Waals surface area (Å²) >= 11 is 6.00. The molecule has 26 heavy (non-hydrogen) atoms. The van der Waals surface area contributed by atoms with Crippen molar-refractivity contribution in [2.24, 2.45) is 5.92 Å². The van der Waals surface area contributed by atoms with Crippen molar-refractivity contribution in [3.05, 3.63) is 51.8 Å². The van der Waals surface area contributed by atoms with E-state index in [1.165, 1.54) is 0 Å². The van der Waals surface area contributed by atoms with Crippen molar-refractivity contribution in [3.63, 3.8) is 0 Å². The molecule has 2 heterocycles. The zero-order valence-electron chi connectivity index (χ0n) is 15.2. The number of ether oxygens (including phenoxy) is 2. The lowest BCUT2D eigenvalue weighted by Crippen LogP contribution is -2.31. The highest BCUT2D eigenvalue weighted by Crippen LogP contribution is 2.30. The maximum absolute atomic E-state index is 12.4. The smallest absolute Gasteiger partial charge is 0.313 e. The van der Waals surface area contributed by atoms with Crippen LogP contribution in [0.15, 0.2) is 24.3 Å². The van der Waals surface area contributed by atoms with Crippen molar-refractivity contribution >= 4 is 23.4 Å². The molecule has 2 aromatic rings. The van der Waals surface area contributed by atoms with Gasteiger partial charge in [0.25, 0.3) is 0 Å². The number of hydrogen-bond donors (Lipinski definition) is 0. The molecule has 0 bridgehead atoms. The van der Waals surface area contributed by atoms with Crippen molar-refractivity contribution in [1.82, 2.24) is 4.57 Å². The summed E-state index contributed by atoms with van der Waals surface area (Å²) in [6.45, 7) is 6.67. The van der Waals surface area contributed by atoms with Gasteiger partial charge in [-0.3, -0.25) is 9.59 Å². The molecule has 0 N–H and O–H groups in total. The molecule has 1 aliphatic rings. The van der Waals surface area contributed by atoms with Gasteiger partial charge in [-0.2, -0.15) is 0 Å². The summed E-state index contributed by atoms with van der Waals surface area (Å²) in [5, 5.41) is 0.600. The Bertz CT molecular complexity index is 856. The number of hydrogen-bond acceptors (Lipinski definition) is 4. The molecule has 1 aromatic heterocycles. The Kier molecular flexibility index (Phi) is 5.37. The number of benzene rings is 1. The average molecular weight is 376 g/mol. The summed E-state index contributed by atoms with van der Waals surface area (Å²) < 4.78 is 12.9. The minimum absolute atomic E-state index is 0.189. The van der Waals surface area contributed by atoms with Crippen LogP contribution in [0.1, 0.15) is 34.2 Å². The molecule has 0 radical (unpaired) electrons. The Hall–Kier alpha value is -2.27. The van der Waals surface area contributed by atoms with E-state index in [-0.39, 0.29) is 19.0 Å². The monoisotopic (exact) mass is 375 g/mol. The Morgan fingerprint density at radius 3 is 2.77 bits per heavy atom. The van der Waals surface area contributed by atoms with Crippen molar-refractivity contribution in [2.75, 3.05) is 13.2 Å². The average Bonchev–Trinajstić information content (AvgIpc) is 2.92. The van der Waals surface area contributed by atoms with Crippen molar-refractivity contribution < 1.29 is 19.1 Å². The first-order valence-electron chi connectivity index (χ1n) is 8.68. The van der Waals surface area contributed by atoms with Gasteiger partial charge in [0.15, 0.2) is 6.61 Å². The van der Waals surface area contributed by atoms with Gasteiger partial charge in [-0.05, 0) is 57.0 Å². The Labute approximate surface area is 157 Å². The SMILES string of the molecule is CCn1c(C)cc(C(=O)COC(=O)C2COc3ccc(Cl)cc3C2)c1C. The fraction of sp³-hybridized carbons (Fsp3) is 0.400. The number of Topliss-reactive ketones (excluding diaryl/α,β-unsaturated/α-hetero) is 1. The Balaban J connectivity index is 1.62. The summed E-state index contributed by atoms with van der Waals surface area (Å²) in [6.07, 6.45) is 0.493. The lowest BCUT2D eigenvalue weighted by molar-refractivity contribution is -0.148. The molecule has 0 spiro atoms. The maximum Gasteiger partial charge on any atom is 0.313 e. The van der Waals surface area contributed by atoms with Gasteiger partial charge in [-0.1, -0.05) is 11.6 Å². The van der Waals surface area contributed by atoms with Crippen LogP contribution in [-0.4, -0.2) is 29.5 Å². The van der Waals surface area contributed by atoms with Crippen LogP contribution >= 0.6 is 11.6 Å². The van der Waals surface area contributed by atoms with Crippen LogP contribution in [0.2, 0.25) is 5.02 Å². The molecule has 1 aromatic carbocycles. The zero-order valence-corrected chi connectivity index (χ0v) is 15.9. The van der Waals surface area contributed by atoms with Crippen molar-refractivity contribution in [2.45, 2.75) is 33.7 Å². The molecular formula is C20H22ClNO4. The van der Waals surface area contributed by atoms with Gasteiger partial charge in [-0.25, -0.2) is 0 Å². The Morgan fingerprint density at radius 1 is 1.31 bits per heavy atom. The van der Waals surface area contributed by atoms with Gasteiger partial charge in [0.05, 0.1) is 5.92 Å². The second kappa shape index (κ2) is 7.54. The predicted octanol–water partition coefficient (Wildman–Crippen LogP) is 3.76. The van der Waals surface area contributed by atoms with Crippen LogP contribution < -0.4 is 4.74 Å². The first kappa shape index (κ1) is 18.5. The van der Waals surface area contributed by atoms with E-state index in [1.807, 2.05) is 26.8 Å². The number of aryl methyl sites for hydroxylation is 1. The quantitative estimate of drug-likeness (QED) is 0.589. The lowest BCUT2D eigenvalue weighted by atomic mass is 9.97. The number of esters is 1. The number of halogens is 1. The van der Waals surface area contributed by atoms with Gasteiger partial charge in [-0.15, -0.1) is 0 Å². The molecule has 138 valence electrons. The highest BCUT2D eigenvalue weighted by Gasteiger charge is 2.28. The van der Waals surface area contributed by atoms with E-state index in [1.54, 1.807) is 18.2 Å². The summed E-state index contributed by atoms with van der Waals surface area (Å²) in [5.74, 6) is -0.307. The number of fused-ring (bicyclic) bond motifs is 1. The molecule has 5 nitrogen and oxygen atoms in total. The minimum Gasteiger partial charge on any atom is -0.492 e. The number of nitrogens with zero attached hydrogens (tertiary/aromatic N) is 1. The number of carbonyl (C=O) groups excluding carboxylic acids is 2. The topological polar surface area (TPSA) is 57.5 Å². The molecule has 0 saturated heterocycles. The van der Waals surface area contributed by atoms with Gasteiger partial charge < -0.3 is 14.0 Å². The fourth-order valence-electron chi connectivity index (χ4n) is 3.42. The third-order valence-corrected chi connectivity index (χ3v) is 5.03. The number of aromatic nitrogens is 1. The fourth-order valence-corrected chi connectivity index (χ4v) is 3.61. The number of ketones is 1. The summed E-state index contributed by atoms with van der Waals surface area (Å²) in [5.41, 5.74) is 3.40. The van der Waals surface area contributed by atoms with Crippen molar-refractivity contribution in [1.29, 1.82) is 0 Å². The maximum atomic E-state index is 12.4. The van der Waals surface area contributed by atoms with E-state index in [0.29, 0.717) is 17.0 Å². The molecule has 1 atom stereocenters. The molecule has 1 aliphatic heterocycles. The summed E-state index contributed by atoms with van der Waals surface area (Å²) in [6, 6.07) is 7.19. The van der Waals surface area contributed by atoms with E-state index in [2.05, 4.69) is 4.57 Å². The van der Waals surface area contributed by atoms with Crippen LogP contribution in [0.3, 0.4) is 0 Å². The number of rotatable bonds is 5. The Morgan fingerprint density at radius 2 is 2.08 bits per heavy atom. The van der Waals surface area contributed by atoms with Gasteiger partial charge in [0.2, 0.25) is 5.78 Å². The van der Waals surface area contributed by atoms with Crippen LogP contribution in [-0.2, 0) is 22.5 Å². The second-order valence-electron chi connectivity index (χ2n) is 6.52. The van der Waals surface area contributed by atoms with Gasteiger partial charge in [0.1, 0.15) is 12.4 Å². The molecule has 1 unspecified atom stereocenters. The zero-order chi connectivity index (χ0) is 18.8. The standard InChI is InChI=1S/C20H22ClNO4/c1-4-22-12(2)7-17(13(22)3)18(23)11-26-20(24)15-8-14-9-16(21)5-6-19(14)25-10-15/h5-7,9,15H,4,8,10-11H2,1-3H3. The first-order valence-corrected chi connectivity index (χ1v) is 9.06. The molecule has 0 fully saturated rings. The summed E-state index contributed by atoms with van der Waals surface area (Å²) in [7, 11) is 0.